The number of hydrogen-bond donors (Lipinski definition) is 1. The molecule has 0 aliphatic heterocycles. The molecule has 0 amide bonds. The summed E-state index contributed by atoms with van der Waals surface area (Å²) in [5, 5.41) is 14.8. The molecular formula is C26H38N2O2. The van der Waals surface area contributed by atoms with E-state index in [0.717, 1.165) is 60.5 Å². The summed E-state index contributed by atoms with van der Waals surface area (Å²) in [6.45, 7) is 8.91. The lowest BCUT2D eigenvalue weighted by atomic mass is 9.45. The van der Waals surface area contributed by atoms with Gasteiger partial charge >= 0.3 is 0 Å². The third kappa shape index (κ3) is 2.75. The third-order valence-electron chi connectivity index (χ3n) is 10.2. The van der Waals surface area contributed by atoms with Crippen LogP contribution in [-0.2, 0) is 11.8 Å². The summed E-state index contributed by atoms with van der Waals surface area (Å²) in [6.07, 6.45) is 10.8. The number of fused-ring (bicyclic) bond motifs is 5. The minimum Gasteiger partial charge on any atom is -0.393 e. The van der Waals surface area contributed by atoms with Gasteiger partial charge in [0.2, 0.25) is 0 Å². The Morgan fingerprint density at radius 1 is 1.10 bits per heavy atom. The predicted molar refractivity (Wildman–Crippen MR) is 119 cm³/mol. The molecule has 5 rings (SSSR count). The molecule has 0 aromatic carbocycles. The van der Waals surface area contributed by atoms with Crippen molar-refractivity contribution in [2.75, 3.05) is 0 Å². The van der Waals surface area contributed by atoms with Crippen molar-refractivity contribution in [2.24, 2.45) is 41.5 Å². The van der Waals surface area contributed by atoms with Crippen LogP contribution in [0.25, 0.3) is 6.08 Å². The van der Waals surface area contributed by atoms with Crippen molar-refractivity contribution in [1.82, 2.24) is 9.78 Å². The molecule has 164 valence electrons. The van der Waals surface area contributed by atoms with Gasteiger partial charge in [-0.2, -0.15) is 5.10 Å². The first-order chi connectivity index (χ1) is 14.1. The molecule has 0 bridgehead atoms. The fourth-order valence-corrected chi connectivity index (χ4v) is 8.21. The minimum absolute atomic E-state index is 0.0953. The second-order valence-electron chi connectivity index (χ2n) is 11.5. The molecular weight excluding hydrogens is 372 g/mol. The van der Waals surface area contributed by atoms with Crippen LogP contribution >= 0.6 is 0 Å². The van der Waals surface area contributed by atoms with Crippen molar-refractivity contribution in [3.8, 4) is 0 Å². The first-order valence-electron chi connectivity index (χ1n) is 12.1. The first-order valence-corrected chi connectivity index (χ1v) is 12.1. The molecule has 4 aliphatic rings. The Balaban J connectivity index is 1.47. The molecule has 1 aromatic heterocycles. The monoisotopic (exact) mass is 410 g/mol. The molecule has 0 unspecified atom stereocenters. The molecule has 4 aliphatic carbocycles. The second-order valence-corrected chi connectivity index (χ2v) is 11.5. The van der Waals surface area contributed by atoms with Gasteiger partial charge in [0.05, 0.1) is 11.8 Å². The van der Waals surface area contributed by atoms with E-state index < -0.39 is 0 Å². The number of carbonyl (C=O) groups excluding carboxylic acids is 1. The van der Waals surface area contributed by atoms with Crippen LogP contribution in [0.1, 0.15) is 82.2 Å². The summed E-state index contributed by atoms with van der Waals surface area (Å²) in [5.41, 5.74) is 4.50. The van der Waals surface area contributed by atoms with Crippen LogP contribution in [0.4, 0.5) is 0 Å². The van der Waals surface area contributed by atoms with E-state index in [1.165, 1.54) is 19.3 Å². The summed E-state index contributed by atoms with van der Waals surface area (Å²) in [5.74, 6) is 2.93. The summed E-state index contributed by atoms with van der Waals surface area (Å²) in [6, 6.07) is 0. The van der Waals surface area contributed by atoms with Crippen molar-refractivity contribution in [1.29, 1.82) is 0 Å². The normalized spacial score (nSPS) is 44.7. The summed E-state index contributed by atoms with van der Waals surface area (Å²) in [4.78, 5) is 13.6. The smallest absolute Gasteiger partial charge is 0.165 e. The van der Waals surface area contributed by atoms with Crippen molar-refractivity contribution < 1.29 is 9.90 Å². The highest BCUT2D eigenvalue weighted by Crippen LogP contribution is 2.66. The van der Waals surface area contributed by atoms with E-state index in [0.29, 0.717) is 29.0 Å². The summed E-state index contributed by atoms with van der Waals surface area (Å²) < 4.78 is 1.92. The number of aryl methyl sites for hydroxylation is 2. The summed E-state index contributed by atoms with van der Waals surface area (Å²) in [7, 11) is 1.98. The Morgan fingerprint density at radius 2 is 1.87 bits per heavy atom. The number of carbonyl (C=O) groups is 1. The molecule has 4 fully saturated rings. The molecule has 4 nitrogen and oxygen atoms in total. The molecule has 0 saturated heterocycles. The zero-order chi connectivity index (χ0) is 21.4. The van der Waals surface area contributed by atoms with Crippen molar-refractivity contribution in [2.45, 2.75) is 85.2 Å². The fraction of sp³-hybridized carbons (Fsp3) is 0.769. The van der Waals surface area contributed by atoms with Crippen LogP contribution in [0, 0.1) is 48.3 Å². The number of rotatable bonds is 1. The van der Waals surface area contributed by atoms with E-state index in [2.05, 4.69) is 31.9 Å². The van der Waals surface area contributed by atoms with E-state index in [1.807, 2.05) is 18.7 Å². The van der Waals surface area contributed by atoms with Gasteiger partial charge in [0, 0.05) is 23.7 Å². The van der Waals surface area contributed by atoms with Gasteiger partial charge < -0.3 is 5.11 Å². The maximum Gasteiger partial charge on any atom is 0.165 e. The zero-order valence-corrected chi connectivity index (χ0v) is 19.4. The van der Waals surface area contributed by atoms with Gasteiger partial charge in [0.1, 0.15) is 0 Å². The van der Waals surface area contributed by atoms with E-state index in [1.54, 1.807) is 0 Å². The van der Waals surface area contributed by atoms with E-state index >= 15 is 0 Å². The Morgan fingerprint density at radius 3 is 2.57 bits per heavy atom. The Hall–Kier alpha value is -1.42. The minimum atomic E-state index is -0.186. The molecule has 1 aromatic rings. The molecule has 0 spiro atoms. The molecule has 0 radical (unpaired) electrons. The van der Waals surface area contributed by atoms with Crippen molar-refractivity contribution in [3.63, 3.8) is 0 Å². The van der Waals surface area contributed by atoms with Gasteiger partial charge in [0.25, 0.3) is 0 Å². The van der Waals surface area contributed by atoms with Crippen LogP contribution in [0.3, 0.4) is 0 Å². The zero-order valence-electron chi connectivity index (χ0n) is 19.4. The Kier molecular flexibility index (Phi) is 4.63. The topological polar surface area (TPSA) is 55.1 Å². The molecule has 1 heterocycles. The van der Waals surface area contributed by atoms with Crippen LogP contribution in [0.15, 0.2) is 5.57 Å². The molecule has 4 heteroatoms. The van der Waals surface area contributed by atoms with Gasteiger partial charge in [-0.1, -0.05) is 13.8 Å². The Labute approximate surface area is 181 Å². The van der Waals surface area contributed by atoms with Crippen molar-refractivity contribution >= 4 is 11.9 Å². The standard InChI is InChI=1S/C26H38N2O2/c1-15-21(16(2)28(5)27-15)12-17-13-23-20-7-6-18-14-19(29)8-10-25(18,3)22(20)9-11-26(23,4)24(17)30/h12,18-20,22-23,29H,6-11,13-14H2,1-5H3/b17-12+/t18-,19+,20-,22+,23+,25-,26-/m0/s1. The van der Waals surface area contributed by atoms with E-state index in [4.69, 9.17) is 0 Å². The molecule has 30 heavy (non-hydrogen) atoms. The highest BCUT2D eigenvalue weighted by molar-refractivity contribution is 6.06. The van der Waals surface area contributed by atoms with Gasteiger partial charge in [-0.05, 0) is 106 Å². The van der Waals surface area contributed by atoms with Crippen molar-refractivity contribution in [3.05, 3.63) is 22.5 Å². The van der Waals surface area contributed by atoms with Gasteiger partial charge in [0.15, 0.2) is 5.78 Å². The largest absolute Gasteiger partial charge is 0.393 e. The highest BCUT2D eigenvalue weighted by atomic mass is 16.3. The first kappa shape index (κ1) is 20.5. The van der Waals surface area contributed by atoms with Gasteiger partial charge in [-0.3, -0.25) is 9.48 Å². The highest BCUT2D eigenvalue weighted by Gasteiger charge is 2.61. The second kappa shape index (κ2) is 6.79. The van der Waals surface area contributed by atoms with E-state index in [9.17, 15) is 9.90 Å². The number of hydrogen-bond acceptors (Lipinski definition) is 3. The maximum atomic E-state index is 13.6. The Bertz CT molecular complexity index is 914. The average Bonchev–Trinajstić information content (AvgIpc) is 3.10. The predicted octanol–water partition coefficient (Wildman–Crippen LogP) is 5.00. The number of aliphatic hydroxyl groups excluding tert-OH is 1. The molecule has 7 atom stereocenters. The lowest BCUT2D eigenvalue weighted by molar-refractivity contribution is -0.141. The van der Waals surface area contributed by atoms with Gasteiger partial charge in [-0.25, -0.2) is 0 Å². The maximum absolute atomic E-state index is 13.6. The lowest BCUT2D eigenvalue weighted by Gasteiger charge is -2.59. The summed E-state index contributed by atoms with van der Waals surface area (Å²) >= 11 is 0. The number of Topliss-reactive ketones (excluding diaryl/α,β-unsaturated/α-hetero) is 1. The fourth-order valence-electron chi connectivity index (χ4n) is 8.21. The quantitative estimate of drug-likeness (QED) is 0.663. The lowest BCUT2D eigenvalue weighted by Crippen LogP contribution is -2.54. The number of ketones is 1. The van der Waals surface area contributed by atoms with Crippen LogP contribution in [-0.4, -0.2) is 26.8 Å². The number of aliphatic hydroxyl groups is 1. The average molecular weight is 411 g/mol. The number of nitrogens with zero attached hydrogens (tertiary/aromatic N) is 2. The van der Waals surface area contributed by atoms with Gasteiger partial charge in [-0.15, -0.1) is 0 Å². The molecule has 4 saturated carbocycles. The van der Waals surface area contributed by atoms with E-state index in [-0.39, 0.29) is 11.5 Å². The van der Waals surface area contributed by atoms with Crippen LogP contribution in [0.5, 0.6) is 0 Å². The van der Waals surface area contributed by atoms with Crippen LogP contribution in [0.2, 0.25) is 0 Å². The SMILES string of the molecule is Cc1nn(C)c(C)c1/C=C1\C[C@@H]2[C@H]3CC[C@H]4C[C@H](O)CC[C@]4(C)[C@@H]3CC[C@]2(C)C1=O. The number of aromatic nitrogens is 2. The molecule has 1 N–H and O–H groups in total. The number of allylic oxidation sites excluding steroid dienone is 1. The third-order valence-corrected chi connectivity index (χ3v) is 10.2. The van der Waals surface area contributed by atoms with Crippen LogP contribution < -0.4 is 0 Å².